The molecule has 0 saturated carbocycles. The maximum atomic E-state index is 13.4. The van der Waals surface area contributed by atoms with Gasteiger partial charge >= 0.3 is 7.82 Å². The normalized spacial score (nSPS) is 15.9. The Kier molecular flexibility index (Phi) is 7.42. The van der Waals surface area contributed by atoms with Gasteiger partial charge in [0.2, 0.25) is 0 Å². The number of hydrogen-bond donors (Lipinski definition) is 1. The highest BCUT2D eigenvalue weighted by Crippen LogP contribution is 2.52. The Morgan fingerprint density at radius 2 is 1.12 bits per heavy atom. The van der Waals surface area contributed by atoms with Crippen LogP contribution in [0.25, 0.3) is 0 Å². The number of aryl methyl sites for hydroxylation is 4. The fourth-order valence-corrected chi connectivity index (χ4v) is 5.53. The van der Waals surface area contributed by atoms with E-state index in [1.165, 1.54) is 11.1 Å². The molecule has 1 aliphatic rings. The first-order chi connectivity index (χ1) is 15.2. The van der Waals surface area contributed by atoms with Crippen molar-refractivity contribution >= 4 is 7.82 Å². The molecule has 0 aromatic heterocycles. The van der Waals surface area contributed by atoms with Gasteiger partial charge in [-0.05, 0) is 58.8 Å². The lowest BCUT2D eigenvalue weighted by atomic mass is 9.81. The molecule has 3 rings (SSSR count). The second-order valence-corrected chi connectivity index (χ2v) is 12.7. The second kappa shape index (κ2) is 9.47. The van der Waals surface area contributed by atoms with Crippen LogP contribution in [0.1, 0.15) is 102 Å². The van der Waals surface area contributed by atoms with E-state index >= 15 is 0 Å². The van der Waals surface area contributed by atoms with Gasteiger partial charge in [0.05, 0.1) is 0 Å². The predicted octanol–water partition coefficient (Wildman–Crippen LogP) is 7.84. The monoisotopic (exact) mass is 472 g/mol. The predicted molar refractivity (Wildman–Crippen MR) is 137 cm³/mol. The smallest absolute Gasteiger partial charge is 0.395 e. The zero-order valence-corrected chi connectivity index (χ0v) is 22.6. The summed E-state index contributed by atoms with van der Waals surface area (Å²) >= 11 is 0. The van der Waals surface area contributed by atoms with Crippen molar-refractivity contribution in [3.8, 4) is 11.5 Å². The molecule has 1 heterocycles. The molecule has 0 aliphatic carbocycles. The molecular weight excluding hydrogens is 431 g/mol. The van der Waals surface area contributed by atoms with Gasteiger partial charge in [0.25, 0.3) is 0 Å². The van der Waals surface area contributed by atoms with E-state index in [-0.39, 0.29) is 10.8 Å². The molecule has 0 unspecified atom stereocenters. The molecule has 0 bridgehead atoms. The van der Waals surface area contributed by atoms with Crippen LogP contribution in [-0.4, -0.2) is 4.89 Å². The van der Waals surface area contributed by atoms with Gasteiger partial charge < -0.3 is 9.05 Å². The van der Waals surface area contributed by atoms with E-state index < -0.39 is 7.82 Å². The molecule has 1 N–H and O–H groups in total. The van der Waals surface area contributed by atoms with Crippen LogP contribution < -0.4 is 9.05 Å². The topological polar surface area (TPSA) is 55.8 Å². The maximum absolute atomic E-state index is 13.4. The van der Waals surface area contributed by atoms with Crippen LogP contribution in [0.5, 0.6) is 11.5 Å². The summed E-state index contributed by atoms with van der Waals surface area (Å²) in [7, 11) is -4.40. The number of rotatable bonds is 4. The van der Waals surface area contributed by atoms with E-state index in [2.05, 4.69) is 79.7 Å². The van der Waals surface area contributed by atoms with E-state index in [0.29, 0.717) is 11.5 Å². The number of benzene rings is 2. The van der Waals surface area contributed by atoms with Crippen LogP contribution in [0, 0.1) is 0 Å². The highest BCUT2D eigenvalue weighted by Gasteiger charge is 2.35. The summed E-state index contributed by atoms with van der Waals surface area (Å²) in [6.45, 7) is 17.0. The first-order valence-corrected chi connectivity index (χ1v) is 13.8. The Morgan fingerprint density at radius 3 is 1.42 bits per heavy atom. The van der Waals surface area contributed by atoms with Crippen molar-refractivity contribution in [1.82, 2.24) is 0 Å². The first-order valence-electron chi connectivity index (χ1n) is 12.3. The minimum atomic E-state index is -4.40. The van der Waals surface area contributed by atoms with Gasteiger partial charge in [0.1, 0.15) is 11.5 Å². The minimum Gasteiger partial charge on any atom is -0.395 e. The number of phosphoric acid groups is 1. The van der Waals surface area contributed by atoms with Crippen LogP contribution in [0.4, 0.5) is 0 Å². The minimum absolute atomic E-state index is 0.237. The Labute approximate surface area is 200 Å². The third-order valence-corrected chi connectivity index (χ3v) is 7.05. The molecule has 0 atom stereocenters. The van der Waals surface area contributed by atoms with Gasteiger partial charge in [-0.25, -0.2) is 4.57 Å². The number of fused-ring (bicyclic) bond motifs is 2. The van der Waals surface area contributed by atoms with Gasteiger partial charge in [-0.2, -0.15) is 0 Å². The average molecular weight is 473 g/mol. The standard InChI is InChI=1S/C28H41O4P/c1-9-11-19-15-21-13-14-22-16-20(12-10-2)18-24(28(6,7)8)26(22)32-33(29,30)31-25(21)23(17-19)27(3,4)5/h15-18H,9-14H2,1-8H3,(H,29,30). The van der Waals surface area contributed by atoms with Crippen molar-refractivity contribution in [2.45, 2.75) is 105 Å². The van der Waals surface area contributed by atoms with Crippen LogP contribution in [0.2, 0.25) is 0 Å². The lowest BCUT2D eigenvalue weighted by Crippen LogP contribution is -2.17. The SMILES string of the molecule is CCCc1cc2c(c(C(C)(C)C)c1)OP(=O)(O)Oc1c(cc(CCC)cc1C(C)(C)C)CC2. The highest BCUT2D eigenvalue weighted by atomic mass is 31.2. The van der Waals surface area contributed by atoms with Crippen molar-refractivity contribution in [2.24, 2.45) is 0 Å². The Hall–Kier alpha value is -1.77. The zero-order valence-electron chi connectivity index (χ0n) is 21.7. The lowest BCUT2D eigenvalue weighted by Gasteiger charge is -2.28. The van der Waals surface area contributed by atoms with Crippen molar-refractivity contribution in [3.05, 3.63) is 57.6 Å². The first kappa shape index (κ1) is 25.8. The van der Waals surface area contributed by atoms with Crippen molar-refractivity contribution in [2.75, 3.05) is 0 Å². The molecule has 2 aromatic carbocycles. The third-order valence-electron chi connectivity index (χ3n) is 6.22. The molecule has 0 radical (unpaired) electrons. The summed E-state index contributed by atoms with van der Waals surface area (Å²) in [6, 6.07) is 8.57. The summed E-state index contributed by atoms with van der Waals surface area (Å²) in [5, 5.41) is 0. The molecule has 1 aliphatic heterocycles. The largest absolute Gasteiger partial charge is 0.584 e. The van der Waals surface area contributed by atoms with Crippen molar-refractivity contribution in [1.29, 1.82) is 0 Å². The van der Waals surface area contributed by atoms with Crippen LogP contribution in [0.15, 0.2) is 24.3 Å². The van der Waals surface area contributed by atoms with E-state index in [1.807, 2.05) is 0 Å². The second-order valence-electron chi connectivity index (χ2n) is 11.4. The molecule has 5 heteroatoms. The number of phosphoric ester groups is 1. The van der Waals surface area contributed by atoms with E-state index in [1.54, 1.807) is 0 Å². The molecule has 33 heavy (non-hydrogen) atoms. The molecule has 182 valence electrons. The van der Waals surface area contributed by atoms with Gasteiger partial charge in [-0.3, -0.25) is 4.89 Å². The summed E-state index contributed by atoms with van der Waals surface area (Å²) < 4.78 is 25.1. The molecule has 0 saturated heterocycles. The highest BCUT2D eigenvalue weighted by molar-refractivity contribution is 7.48. The van der Waals surface area contributed by atoms with Crippen LogP contribution >= 0.6 is 7.82 Å². The van der Waals surface area contributed by atoms with Gasteiger partial charge in [-0.15, -0.1) is 0 Å². The fourth-order valence-electron chi connectivity index (χ4n) is 4.60. The van der Waals surface area contributed by atoms with Crippen molar-refractivity contribution in [3.63, 3.8) is 0 Å². The fraction of sp³-hybridized carbons (Fsp3) is 0.571. The van der Waals surface area contributed by atoms with Gasteiger partial charge in [0.15, 0.2) is 0 Å². The van der Waals surface area contributed by atoms with Gasteiger partial charge in [0, 0.05) is 11.1 Å². The Bertz CT molecular complexity index is 976. The third kappa shape index (κ3) is 6.03. The Balaban J connectivity index is 2.24. The van der Waals surface area contributed by atoms with Gasteiger partial charge in [-0.1, -0.05) is 92.5 Å². The lowest BCUT2D eigenvalue weighted by molar-refractivity contribution is 0.285. The van der Waals surface area contributed by atoms with E-state index in [0.717, 1.165) is 60.8 Å². The van der Waals surface area contributed by atoms with E-state index in [9.17, 15) is 9.46 Å². The summed E-state index contributed by atoms with van der Waals surface area (Å²) in [5.74, 6) is 1.01. The Morgan fingerprint density at radius 1 is 0.758 bits per heavy atom. The number of hydrogen-bond acceptors (Lipinski definition) is 3. The summed E-state index contributed by atoms with van der Waals surface area (Å²) in [4.78, 5) is 10.9. The molecular formula is C28H41O4P. The van der Waals surface area contributed by atoms with Crippen molar-refractivity contribution < 1.29 is 18.5 Å². The molecule has 0 fully saturated rings. The van der Waals surface area contributed by atoms with Crippen LogP contribution in [0.3, 0.4) is 0 Å². The summed E-state index contributed by atoms with van der Waals surface area (Å²) in [5.41, 5.74) is 5.88. The molecule has 2 aromatic rings. The molecule has 0 amide bonds. The van der Waals surface area contributed by atoms with E-state index in [4.69, 9.17) is 9.05 Å². The average Bonchev–Trinajstić information content (AvgIpc) is 2.72. The molecule has 4 nitrogen and oxygen atoms in total. The zero-order chi connectivity index (χ0) is 24.6. The quantitative estimate of drug-likeness (QED) is 0.461. The maximum Gasteiger partial charge on any atom is 0.584 e. The summed E-state index contributed by atoms with van der Waals surface area (Å²) in [6.07, 6.45) is 5.48. The van der Waals surface area contributed by atoms with Crippen LogP contribution in [-0.2, 0) is 41.1 Å². The molecule has 0 spiro atoms.